The van der Waals surface area contributed by atoms with Gasteiger partial charge in [0.25, 0.3) is 11.7 Å². The fourth-order valence-electron chi connectivity index (χ4n) is 5.21. The van der Waals surface area contributed by atoms with Crippen LogP contribution in [0, 0.1) is 0 Å². The first-order valence-corrected chi connectivity index (χ1v) is 12.8. The van der Waals surface area contributed by atoms with Gasteiger partial charge in [0.05, 0.1) is 25.3 Å². The van der Waals surface area contributed by atoms with Gasteiger partial charge in [-0.25, -0.2) is 0 Å². The number of ketones is 1. The summed E-state index contributed by atoms with van der Waals surface area (Å²) in [6.07, 6.45) is 1.32. The van der Waals surface area contributed by atoms with Gasteiger partial charge in [0.2, 0.25) is 0 Å². The van der Waals surface area contributed by atoms with Crippen molar-refractivity contribution in [1.82, 2.24) is 4.90 Å². The van der Waals surface area contributed by atoms with Crippen molar-refractivity contribution in [1.29, 1.82) is 0 Å². The smallest absolute Gasteiger partial charge is 0.295 e. The zero-order valence-corrected chi connectivity index (χ0v) is 21.8. The van der Waals surface area contributed by atoms with Crippen molar-refractivity contribution in [3.05, 3.63) is 94.6 Å². The van der Waals surface area contributed by atoms with Crippen LogP contribution in [0.15, 0.2) is 72.3 Å². The van der Waals surface area contributed by atoms with Gasteiger partial charge in [0.1, 0.15) is 17.6 Å². The number of fused-ring (bicyclic) bond motifs is 1. The molecule has 1 fully saturated rings. The maximum Gasteiger partial charge on any atom is 0.295 e. The molecule has 2 aliphatic rings. The quantitative estimate of drug-likeness (QED) is 0.257. The number of benzene rings is 3. The van der Waals surface area contributed by atoms with E-state index in [1.54, 1.807) is 31.4 Å². The molecule has 0 aromatic heterocycles. The first-order valence-electron chi connectivity index (χ1n) is 12.8. The number of carbonyl (C=O) groups is 2. The fraction of sp³-hybridized carbons (Fsp3) is 0.290. The van der Waals surface area contributed by atoms with Crippen molar-refractivity contribution >= 4 is 17.4 Å². The third kappa shape index (κ3) is 4.72. The summed E-state index contributed by atoms with van der Waals surface area (Å²) in [6.45, 7) is 4.64. The first kappa shape index (κ1) is 25.4. The predicted molar refractivity (Wildman–Crippen MR) is 144 cm³/mol. The molecular formula is C31H31NO6. The molecule has 5 rings (SSSR count). The van der Waals surface area contributed by atoms with Crippen LogP contribution in [-0.2, 0) is 22.4 Å². The summed E-state index contributed by atoms with van der Waals surface area (Å²) in [6, 6.07) is 19.7. The van der Waals surface area contributed by atoms with Gasteiger partial charge in [-0.05, 0) is 67.3 Å². The zero-order valence-electron chi connectivity index (χ0n) is 21.8. The number of rotatable bonds is 8. The highest BCUT2D eigenvalue weighted by atomic mass is 16.5. The summed E-state index contributed by atoms with van der Waals surface area (Å²) < 4.78 is 17.0. The van der Waals surface area contributed by atoms with Gasteiger partial charge >= 0.3 is 0 Å². The van der Waals surface area contributed by atoms with Crippen LogP contribution in [0.1, 0.15) is 42.1 Å². The minimum Gasteiger partial charge on any atom is -0.507 e. The second-order valence-corrected chi connectivity index (χ2v) is 9.53. The van der Waals surface area contributed by atoms with Crippen molar-refractivity contribution in [3.8, 4) is 17.2 Å². The van der Waals surface area contributed by atoms with Crippen molar-refractivity contribution < 1.29 is 28.9 Å². The Kier molecular flexibility index (Phi) is 7.09. The molecule has 1 amide bonds. The first-order chi connectivity index (χ1) is 18.4. The average Bonchev–Trinajstić information content (AvgIpc) is 3.43. The molecule has 38 heavy (non-hydrogen) atoms. The highest BCUT2D eigenvalue weighted by molar-refractivity contribution is 6.46. The molecule has 3 aromatic carbocycles. The maximum atomic E-state index is 13.4. The Balaban J connectivity index is 1.60. The molecule has 1 N–H and O–H groups in total. The number of aliphatic hydroxyl groups excluding tert-OH is 1. The van der Waals surface area contributed by atoms with Gasteiger partial charge in [-0.1, -0.05) is 36.4 Å². The van der Waals surface area contributed by atoms with Crippen LogP contribution < -0.4 is 14.2 Å². The Morgan fingerprint density at radius 3 is 2.58 bits per heavy atom. The summed E-state index contributed by atoms with van der Waals surface area (Å²) in [7, 11) is 1.54. The van der Waals surface area contributed by atoms with Crippen molar-refractivity contribution in [2.24, 2.45) is 0 Å². The van der Waals surface area contributed by atoms with Gasteiger partial charge in [0.15, 0.2) is 11.5 Å². The molecule has 0 saturated carbocycles. The second-order valence-electron chi connectivity index (χ2n) is 9.53. The van der Waals surface area contributed by atoms with Crippen molar-refractivity contribution in [3.63, 3.8) is 0 Å². The van der Waals surface area contributed by atoms with E-state index in [0.717, 1.165) is 16.9 Å². The Hall–Kier alpha value is -4.26. The Morgan fingerprint density at radius 2 is 1.84 bits per heavy atom. The molecule has 2 atom stereocenters. The van der Waals surface area contributed by atoms with E-state index in [1.807, 2.05) is 56.3 Å². The predicted octanol–water partition coefficient (Wildman–Crippen LogP) is 5.08. The summed E-state index contributed by atoms with van der Waals surface area (Å²) >= 11 is 0. The molecule has 0 radical (unpaired) electrons. The third-order valence-electron chi connectivity index (χ3n) is 7.00. The summed E-state index contributed by atoms with van der Waals surface area (Å²) in [4.78, 5) is 28.3. The van der Waals surface area contributed by atoms with Crippen LogP contribution in [0.4, 0.5) is 0 Å². The number of aliphatic hydroxyl groups is 1. The zero-order chi connectivity index (χ0) is 26.8. The molecule has 0 spiro atoms. The third-order valence-corrected chi connectivity index (χ3v) is 7.00. The number of hydrogen-bond donors (Lipinski definition) is 1. The summed E-state index contributed by atoms with van der Waals surface area (Å²) in [5.41, 5.74) is 3.19. The van der Waals surface area contributed by atoms with E-state index >= 15 is 0 Å². The van der Waals surface area contributed by atoms with Gasteiger partial charge in [-0.3, -0.25) is 9.59 Å². The molecule has 0 bridgehead atoms. The van der Waals surface area contributed by atoms with E-state index in [4.69, 9.17) is 14.2 Å². The lowest BCUT2D eigenvalue weighted by atomic mass is 9.94. The number of nitrogens with zero attached hydrogens (tertiary/aromatic N) is 1. The number of carbonyl (C=O) groups excluding carboxylic acids is 2. The molecule has 1 saturated heterocycles. The van der Waals surface area contributed by atoms with Gasteiger partial charge in [0, 0.05) is 18.5 Å². The Labute approximate surface area is 222 Å². The molecule has 7 nitrogen and oxygen atoms in total. The molecule has 2 aliphatic heterocycles. The molecule has 7 heteroatoms. The number of likely N-dealkylation sites (tertiary alicyclic amines) is 1. The molecular weight excluding hydrogens is 482 g/mol. The minimum atomic E-state index is -0.785. The van der Waals surface area contributed by atoms with Gasteiger partial charge in [-0.15, -0.1) is 0 Å². The number of hydrogen-bond acceptors (Lipinski definition) is 6. The van der Waals surface area contributed by atoms with E-state index < -0.39 is 17.7 Å². The lowest BCUT2D eigenvalue weighted by Gasteiger charge is -2.26. The number of amides is 1. The lowest BCUT2D eigenvalue weighted by molar-refractivity contribution is -0.139. The van der Waals surface area contributed by atoms with Crippen LogP contribution in [-0.4, -0.2) is 48.1 Å². The fourth-order valence-corrected chi connectivity index (χ4v) is 5.21. The van der Waals surface area contributed by atoms with Gasteiger partial charge in [-0.2, -0.15) is 0 Å². The second kappa shape index (κ2) is 10.6. The molecule has 0 unspecified atom stereocenters. The van der Waals surface area contributed by atoms with E-state index in [1.165, 1.54) is 4.90 Å². The summed E-state index contributed by atoms with van der Waals surface area (Å²) in [5.74, 6) is 0.266. The number of ether oxygens (including phenoxy) is 3. The van der Waals surface area contributed by atoms with Gasteiger partial charge < -0.3 is 24.2 Å². The van der Waals surface area contributed by atoms with Crippen molar-refractivity contribution in [2.45, 2.75) is 38.8 Å². The van der Waals surface area contributed by atoms with Crippen LogP contribution in [0.5, 0.6) is 17.2 Å². The monoisotopic (exact) mass is 513 g/mol. The Bertz CT molecular complexity index is 1400. The standard InChI is InChI=1S/C31H31NO6/c1-4-37-25-13-10-21(18-26(25)36-3)28-27(29(33)22-11-12-24-23(17-22)16-19(2)38-24)30(34)31(35)32(28)15-14-20-8-6-5-7-9-20/h5-13,17-19,28,33H,4,14-16H2,1-3H3/b29-27+/t19-,28+/m1/s1. The maximum absolute atomic E-state index is 13.4. The van der Waals surface area contributed by atoms with Crippen LogP contribution in [0.25, 0.3) is 5.76 Å². The largest absolute Gasteiger partial charge is 0.507 e. The molecule has 2 heterocycles. The molecule has 196 valence electrons. The van der Waals surface area contributed by atoms with E-state index in [0.29, 0.717) is 48.6 Å². The SMILES string of the molecule is CCOc1ccc([C@H]2/C(=C(\O)c3ccc4c(c3)C[C@@H](C)O4)C(=O)C(=O)N2CCc2ccccc2)cc1OC. The Morgan fingerprint density at radius 1 is 1.05 bits per heavy atom. The van der Waals surface area contributed by atoms with Crippen LogP contribution in [0.2, 0.25) is 0 Å². The highest BCUT2D eigenvalue weighted by Crippen LogP contribution is 2.42. The van der Waals surface area contributed by atoms with Crippen LogP contribution in [0.3, 0.4) is 0 Å². The number of methoxy groups -OCH3 is 1. The highest BCUT2D eigenvalue weighted by Gasteiger charge is 2.46. The van der Waals surface area contributed by atoms with E-state index in [2.05, 4.69) is 0 Å². The summed E-state index contributed by atoms with van der Waals surface area (Å²) in [5, 5.41) is 11.5. The van der Waals surface area contributed by atoms with Crippen molar-refractivity contribution in [2.75, 3.05) is 20.3 Å². The van der Waals surface area contributed by atoms with Crippen LogP contribution >= 0.6 is 0 Å². The molecule has 3 aromatic rings. The number of Topliss-reactive ketones (excluding diaryl/α,β-unsaturated/α-hetero) is 1. The topological polar surface area (TPSA) is 85.3 Å². The lowest BCUT2D eigenvalue weighted by Crippen LogP contribution is -2.31. The minimum absolute atomic E-state index is 0.0438. The normalized spacial score (nSPS) is 19.8. The average molecular weight is 514 g/mol. The van der Waals surface area contributed by atoms with E-state index in [-0.39, 0.29) is 17.4 Å². The molecule has 0 aliphatic carbocycles. The van der Waals surface area contributed by atoms with E-state index in [9.17, 15) is 14.7 Å².